The van der Waals surface area contributed by atoms with Crippen molar-refractivity contribution in [3.8, 4) is 0 Å². The van der Waals surface area contributed by atoms with Crippen LogP contribution in [0.2, 0.25) is 0 Å². The van der Waals surface area contributed by atoms with Gasteiger partial charge in [-0.25, -0.2) is 4.98 Å². The molecule has 0 aromatic carbocycles. The Labute approximate surface area is 119 Å². The predicted molar refractivity (Wildman–Crippen MR) is 80.3 cm³/mol. The summed E-state index contributed by atoms with van der Waals surface area (Å²) < 4.78 is 0. The summed E-state index contributed by atoms with van der Waals surface area (Å²) in [5.74, 6) is 1.89. The molecule has 5 heteroatoms. The zero-order chi connectivity index (χ0) is 14.1. The molecule has 2 aliphatic rings. The molecule has 1 saturated heterocycles. The Balaban J connectivity index is 1.84. The normalized spacial score (nSPS) is 22.4. The van der Waals surface area contributed by atoms with Crippen molar-refractivity contribution in [1.29, 1.82) is 0 Å². The highest BCUT2D eigenvalue weighted by Gasteiger charge is 2.32. The molecule has 5 nitrogen and oxygen atoms in total. The van der Waals surface area contributed by atoms with Gasteiger partial charge in [-0.1, -0.05) is 13.8 Å². The van der Waals surface area contributed by atoms with Gasteiger partial charge in [0.1, 0.15) is 11.6 Å². The standard InChI is InChI=1S/C15H24N4O/c1-10(2)15-17-13(8-14(20)18-15)19(12-5-6-12)9-11-4-3-7-16-11/h8,10-12,16H,3-7,9H2,1-2H3,(H,17,18,20). The number of hydrogen-bond acceptors (Lipinski definition) is 4. The first kappa shape index (κ1) is 13.6. The van der Waals surface area contributed by atoms with Crippen molar-refractivity contribution in [1.82, 2.24) is 15.3 Å². The summed E-state index contributed by atoms with van der Waals surface area (Å²) in [6.07, 6.45) is 4.92. The molecule has 1 saturated carbocycles. The summed E-state index contributed by atoms with van der Waals surface area (Å²) in [6, 6.07) is 2.77. The molecule has 1 unspecified atom stereocenters. The molecule has 1 aliphatic carbocycles. The Bertz CT molecular complexity index is 515. The second-order valence-corrected chi connectivity index (χ2v) is 6.32. The highest BCUT2D eigenvalue weighted by atomic mass is 16.1. The lowest BCUT2D eigenvalue weighted by atomic mass is 10.2. The van der Waals surface area contributed by atoms with E-state index in [1.54, 1.807) is 6.07 Å². The molecule has 0 amide bonds. The van der Waals surface area contributed by atoms with E-state index in [0.29, 0.717) is 12.1 Å². The van der Waals surface area contributed by atoms with Crippen LogP contribution in [0.1, 0.15) is 51.3 Å². The molecule has 3 rings (SSSR count). The van der Waals surface area contributed by atoms with Crippen LogP contribution in [0.3, 0.4) is 0 Å². The highest BCUT2D eigenvalue weighted by molar-refractivity contribution is 5.41. The molecule has 1 aliphatic heterocycles. The minimum Gasteiger partial charge on any atom is -0.352 e. The quantitative estimate of drug-likeness (QED) is 0.858. The molecular weight excluding hydrogens is 252 g/mol. The fourth-order valence-electron chi connectivity index (χ4n) is 2.85. The second kappa shape index (κ2) is 5.56. The summed E-state index contributed by atoms with van der Waals surface area (Å²) in [5, 5.41) is 3.54. The number of nitrogens with one attached hydrogen (secondary N) is 2. The molecular formula is C15H24N4O. The van der Waals surface area contributed by atoms with E-state index in [2.05, 4.69) is 34.0 Å². The fourth-order valence-corrected chi connectivity index (χ4v) is 2.85. The molecule has 2 heterocycles. The van der Waals surface area contributed by atoms with Crippen LogP contribution in [0, 0.1) is 0 Å². The molecule has 1 aromatic heterocycles. The third-order valence-electron chi connectivity index (χ3n) is 4.15. The molecule has 1 atom stereocenters. The van der Waals surface area contributed by atoms with Gasteiger partial charge in [0.15, 0.2) is 0 Å². The van der Waals surface area contributed by atoms with Crippen LogP contribution in [-0.2, 0) is 0 Å². The average Bonchev–Trinajstić information content (AvgIpc) is 3.12. The van der Waals surface area contributed by atoms with Crippen molar-refractivity contribution in [2.75, 3.05) is 18.0 Å². The van der Waals surface area contributed by atoms with E-state index in [4.69, 9.17) is 0 Å². The maximum Gasteiger partial charge on any atom is 0.252 e. The van der Waals surface area contributed by atoms with Gasteiger partial charge in [-0.05, 0) is 32.2 Å². The number of anilines is 1. The molecule has 1 aromatic rings. The van der Waals surface area contributed by atoms with E-state index in [0.717, 1.165) is 24.7 Å². The Morgan fingerprint density at radius 3 is 2.80 bits per heavy atom. The molecule has 110 valence electrons. The minimum absolute atomic E-state index is 0.0382. The van der Waals surface area contributed by atoms with Crippen molar-refractivity contribution in [2.45, 2.75) is 57.5 Å². The van der Waals surface area contributed by atoms with E-state index in [9.17, 15) is 4.79 Å². The lowest BCUT2D eigenvalue weighted by Crippen LogP contribution is -2.40. The number of nitrogens with zero attached hydrogens (tertiary/aromatic N) is 2. The van der Waals surface area contributed by atoms with E-state index < -0.39 is 0 Å². The van der Waals surface area contributed by atoms with E-state index in [-0.39, 0.29) is 11.5 Å². The van der Waals surface area contributed by atoms with Crippen LogP contribution in [0.5, 0.6) is 0 Å². The summed E-state index contributed by atoms with van der Waals surface area (Å²) in [4.78, 5) is 21.7. The van der Waals surface area contributed by atoms with Crippen LogP contribution >= 0.6 is 0 Å². The van der Waals surface area contributed by atoms with E-state index in [1.807, 2.05) is 0 Å². The van der Waals surface area contributed by atoms with Crippen LogP contribution in [-0.4, -0.2) is 35.1 Å². The van der Waals surface area contributed by atoms with Crippen molar-refractivity contribution >= 4 is 5.82 Å². The Morgan fingerprint density at radius 2 is 2.20 bits per heavy atom. The lowest BCUT2D eigenvalue weighted by Gasteiger charge is -2.27. The van der Waals surface area contributed by atoms with Crippen LogP contribution in [0.4, 0.5) is 5.82 Å². The van der Waals surface area contributed by atoms with Gasteiger partial charge in [0.25, 0.3) is 5.56 Å². The van der Waals surface area contributed by atoms with Crippen LogP contribution < -0.4 is 15.8 Å². The van der Waals surface area contributed by atoms with Gasteiger partial charge < -0.3 is 15.2 Å². The first-order valence-electron chi connectivity index (χ1n) is 7.75. The van der Waals surface area contributed by atoms with Gasteiger partial charge in [0.2, 0.25) is 0 Å². The van der Waals surface area contributed by atoms with Crippen molar-refractivity contribution < 1.29 is 0 Å². The zero-order valence-electron chi connectivity index (χ0n) is 12.4. The third kappa shape index (κ3) is 3.03. The van der Waals surface area contributed by atoms with Crippen LogP contribution in [0.15, 0.2) is 10.9 Å². The SMILES string of the molecule is CC(C)c1nc(N(CC2CCCN2)C2CC2)cc(=O)[nH]1. The lowest BCUT2D eigenvalue weighted by molar-refractivity contribution is 0.573. The van der Waals surface area contributed by atoms with Crippen molar-refractivity contribution in [2.24, 2.45) is 0 Å². The smallest absolute Gasteiger partial charge is 0.252 e. The van der Waals surface area contributed by atoms with E-state index in [1.165, 1.54) is 25.7 Å². The van der Waals surface area contributed by atoms with Crippen molar-refractivity contribution in [3.05, 3.63) is 22.2 Å². The predicted octanol–water partition coefficient (Wildman–Crippen LogP) is 1.61. The summed E-state index contributed by atoms with van der Waals surface area (Å²) in [7, 11) is 0. The average molecular weight is 276 g/mol. The first-order valence-corrected chi connectivity index (χ1v) is 7.75. The fraction of sp³-hybridized carbons (Fsp3) is 0.733. The minimum atomic E-state index is -0.0382. The largest absolute Gasteiger partial charge is 0.352 e. The molecule has 20 heavy (non-hydrogen) atoms. The first-order chi connectivity index (χ1) is 9.63. The van der Waals surface area contributed by atoms with E-state index >= 15 is 0 Å². The topological polar surface area (TPSA) is 61.0 Å². The number of aromatic nitrogens is 2. The van der Waals surface area contributed by atoms with Gasteiger partial charge >= 0.3 is 0 Å². The number of aromatic amines is 1. The molecule has 0 bridgehead atoms. The maximum absolute atomic E-state index is 11.9. The van der Waals surface area contributed by atoms with Gasteiger partial charge in [0.05, 0.1) is 0 Å². The Kier molecular flexibility index (Phi) is 3.78. The van der Waals surface area contributed by atoms with Gasteiger partial charge in [-0.3, -0.25) is 4.79 Å². The highest BCUT2D eigenvalue weighted by Crippen LogP contribution is 2.31. The maximum atomic E-state index is 11.9. The van der Waals surface area contributed by atoms with Gasteiger partial charge in [-0.2, -0.15) is 0 Å². The third-order valence-corrected chi connectivity index (χ3v) is 4.15. The molecule has 2 fully saturated rings. The second-order valence-electron chi connectivity index (χ2n) is 6.32. The van der Waals surface area contributed by atoms with Gasteiger partial charge in [-0.15, -0.1) is 0 Å². The van der Waals surface area contributed by atoms with Crippen LogP contribution in [0.25, 0.3) is 0 Å². The molecule has 0 spiro atoms. The summed E-state index contributed by atoms with van der Waals surface area (Å²) in [6.45, 7) is 6.20. The molecule has 2 N–H and O–H groups in total. The monoisotopic (exact) mass is 276 g/mol. The Morgan fingerprint density at radius 1 is 1.40 bits per heavy atom. The number of rotatable bonds is 5. The van der Waals surface area contributed by atoms with Crippen molar-refractivity contribution in [3.63, 3.8) is 0 Å². The number of H-pyrrole nitrogens is 1. The van der Waals surface area contributed by atoms with Gasteiger partial charge in [0, 0.05) is 30.6 Å². The Hall–Kier alpha value is -1.36. The number of hydrogen-bond donors (Lipinski definition) is 2. The zero-order valence-corrected chi connectivity index (χ0v) is 12.4. The summed E-state index contributed by atoms with van der Waals surface area (Å²) >= 11 is 0. The summed E-state index contributed by atoms with van der Waals surface area (Å²) in [5.41, 5.74) is -0.0382. The molecule has 0 radical (unpaired) electrons.